The molecule has 0 saturated carbocycles. The van der Waals surface area contributed by atoms with Crippen LogP contribution in [-0.2, 0) is 12.8 Å². The van der Waals surface area contributed by atoms with Gasteiger partial charge in [0.15, 0.2) is 0 Å². The summed E-state index contributed by atoms with van der Waals surface area (Å²) in [6.07, 6.45) is 18.0. The molecule has 0 spiro atoms. The molecule has 0 bridgehead atoms. The van der Waals surface area contributed by atoms with Gasteiger partial charge in [-0.25, -0.2) is 0 Å². The molecule has 3 nitrogen and oxygen atoms in total. The van der Waals surface area contributed by atoms with E-state index >= 15 is 0 Å². The number of rotatable bonds is 18. The summed E-state index contributed by atoms with van der Waals surface area (Å²) in [5.74, 6) is 0. The average molecular weight is 472 g/mol. The molecule has 2 aromatic rings. The highest BCUT2D eigenvalue weighted by Gasteiger charge is 2.04. The van der Waals surface area contributed by atoms with Gasteiger partial charge in [-0.15, -0.1) is 13.2 Å². The van der Waals surface area contributed by atoms with Crippen molar-refractivity contribution in [3.05, 3.63) is 107 Å². The molecule has 0 aliphatic rings. The van der Waals surface area contributed by atoms with Crippen molar-refractivity contribution < 1.29 is 0 Å². The molecule has 0 aliphatic carbocycles. The van der Waals surface area contributed by atoms with Gasteiger partial charge in [-0.05, 0) is 105 Å². The third-order valence-electron chi connectivity index (χ3n) is 6.11. The van der Waals surface area contributed by atoms with Gasteiger partial charge in [0.25, 0.3) is 0 Å². The van der Waals surface area contributed by atoms with Gasteiger partial charge in [0.05, 0.1) is 0 Å². The Morgan fingerprint density at radius 1 is 0.686 bits per heavy atom. The van der Waals surface area contributed by atoms with E-state index in [2.05, 4.69) is 79.2 Å². The third-order valence-corrected chi connectivity index (χ3v) is 6.11. The molecule has 2 aromatic carbocycles. The molecule has 2 rings (SSSR count). The lowest BCUT2D eigenvalue weighted by molar-refractivity contribution is 0.570. The quantitative estimate of drug-likeness (QED) is 0.127. The van der Waals surface area contributed by atoms with E-state index in [0.717, 1.165) is 69.4 Å². The summed E-state index contributed by atoms with van der Waals surface area (Å²) >= 11 is 0. The van der Waals surface area contributed by atoms with Gasteiger partial charge in [0.2, 0.25) is 0 Å². The minimum absolute atomic E-state index is 0.806. The largest absolute Gasteiger partial charge is 0.398 e. The first-order valence-electron chi connectivity index (χ1n) is 13.1. The summed E-state index contributed by atoms with van der Waals surface area (Å²) in [5, 5.41) is 3.58. The van der Waals surface area contributed by atoms with Gasteiger partial charge < -0.3 is 16.8 Å². The fourth-order valence-electron chi connectivity index (χ4n) is 4.04. The Morgan fingerprint density at radius 3 is 1.74 bits per heavy atom. The number of unbranched alkanes of at least 4 members (excludes halogenated alkanes) is 4. The Labute approximate surface area is 213 Å². The normalized spacial score (nSPS) is 12.0. The van der Waals surface area contributed by atoms with E-state index in [9.17, 15) is 0 Å². The topological polar surface area (TPSA) is 64.1 Å². The molecule has 0 atom stereocenters. The molecule has 0 unspecified atom stereocenters. The fraction of sp³-hybridized carbons (Fsp3) is 0.375. The van der Waals surface area contributed by atoms with Gasteiger partial charge >= 0.3 is 0 Å². The zero-order chi connectivity index (χ0) is 25.1. The molecule has 5 N–H and O–H groups in total. The first-order valence-corrected chi connectivity index (χ1v) is 13.1. The highest BCUT2D eigenvalue weighted by atomic mass is 14.8. The monoisotopic (exact) mass is 471 g/mol. The van der Waals surface area contributed by atoms with Crippen molar-refractivity contribution in [3.63, 3.8) is 0 Å². The van der Waals surface area contributed by atoms with E-state index in [1.54, 1.807) is 0 Å². The maximum atomic E-state index is 6.63. The summed E-state index contributed by atoms with van der Waals surface area (Å²) in [7, 11) is 0. The predicted molar refractivity (Wildman–Crippen MR) is 155 cm³/mol. The Bertz CT molecular complexity index is 920. The maximum absolute atomic E-state index is 6.63. The molecule has 0 amide bonds. The second-order valence-electron chi connectivity index (χ2n) is 9.15. The fourth-order valence-corrected chi connectivity index (χ4v) is 4.04. The van der Waals surface area contributed by atoms with Crippen LogP contribution in [0.25, 0.3) is 12.2 Å². The van der Waals surface area contributed by atoms with E-state index in [1.807, 2.05) is 12.2 Å². The SMILES string of the molecule is C=CCc1ccc(C=C(N)C(=Cc2ccc(CC=C)cc2)CCCCNCCCCCCN)cc1. The zero-order valence-corrected chi connectivity index (χ0v) is 21.5. The average Bonchev–Trinajstić information content (AvgIpc) is 2.87. The predicted octanol–water partition coefficient (Wildman–Crippen LogP) is 6.81. The van der Waals surface area contributed by atoms with Crippen LogP contribution in [-0.4, -0.2) is 19.6 Å². The van der Waals surface area contributed by atoms with Crippen LogP contribution >= 0.6 is 0 Å². The lowest BCUT2D eigenvalue weighted by Crippen LogP contribution is -2.16. The highest BCUT2D eigenvalue weighted by molar-refractivity contribution is 5.65. The molecule has 0 aromatic heterocycles. The van der Waals surface area contributed by atoms with Crippen LogP contribution in [0.1, 0.15) is 67.2 Å². The smallest absolute Gasteiger partial charge is 0.0352 e. The van der Waals surface area contributed by atoms with Crippen molar-refractivity contribution in [1.29, 1.82) is 0 Å². The van der Waals surface area contributed by atoms with Crippen LogP contribution in [0.5, 0.6) is 0 Å². The van der Waals surface area contributed by atoms with Crippen LogP contribution in [0.15, 0.2) is 85.1 Å². The van der Waals surface area contributed by atoms with E-state index < -0.39 is 0 Å². The van der Waals surface area contributed by atoms with E-state index in [1.165, 1.54) is 41.5 Å². The van der Waals surface area contributed by atoms with Crippen molar-refractivity contribution >= 4 is 12.2 Å². The molecular formula is C32H45N3. The number of nitrogens with two attached hydrogens (primary N) is 2. The summed E-state index contributed by atoms with van der Waals surface area (Å²) in [6, 6.07) is 17.2. The van der Waals surface area contributed by atoms with Gasteiger partial charge in [-0.3, -0.25) is 0 Å². The minimum Gasteiger partial charge on any atom is -0.398 e. The molecule has 188 valence electrons. The maximum Gasteiger partial charge on any atom is 0.0352 e. The van der Waals surface area contributed by atoms with Crippen LogP contribution in [0.4, 0.5) is 0 Å². The minimum atomic E-state index is 0.806. The first kappa shape index (κ1) is 28.4. The molecule has 0 radical (unpaired) electrons. The molecule has 35 heavy (non-hydrogen) atoms. The van der Waals surface area contributed by atoms with Crippen molar-refractivity contribution in [2.45, 2.75) is 57.8 Å². The first-order chi connectivity index (χ1) is 17.2. The van der Waals surface area contributed by atoms with Gasteiger partial charge in [-0.2, -0.15) is 0 Å². The van der Waals surface area contributed by atoms with Crippen LogP contribution < -0.4 is 16.8 Å². The van der Waals surface area contributed by atoms with E-state index in [-0.39, 0.29) is 0 Å². The lowest BCUT2D eigenvalue weighted by Gasteiger charge is -2.11. The Morgan fingerprint density at radius 2 is 1.20 bits per heavy atom. The second-order valence-corrected chi connectivity index (χ2v) is 9.15. The summed E-state index contributed by atoms with van der Waals surface area (Å²) in [4.78, 5) is 0. The number of allylic oxidation sites excluding steroid dienone is 3. The van der Waals surface area contributed by atoms with Crippen molar-refractivity contribution in [2.75, 3.05) is 19.6 Å². The molecule has 0 heterocycles. The van der Waals surface area contributed by atoms with E-state index in [4.69, 9.17) is 11.5 Å². The summed E-state index contributed by atoms with van der Waals surface area (Å²) < 4.78 is 0. The van der Waals surface area contributed by atoms with Gasteiger partial charge in [0.1, 0.15) is 0 Å². The molecule has 0 saturated heterocycles. The molecule has 3 heteroatoms. The zero-order valence-electron chi connectivity index (χ0n) is 21.5. The molecule has 0 aliphatic heterocycles. The lowest BCUT2D eigenvalue weighted by atomic mass is 9.99. The summed E-state index contributed by atoms with van der Waals surface area (Å²) in [6.45, 7) is 10.6. The van der Waals surface area contributed by atoms with E-state index in [0.29, 0.717) is 0 Å². The van der Waals surface area contributed by atoms with Crippen molar-refractivity contribution in [2.24, 2.45) is 11.5 Å². The highest BCUT2D eigenvalue weighted by Crippen LogP contribution is 2.21. The number of hydrogen-bond donors (Lipinski definition) is 3. The number of nitrogens with one attached hydrogen (secondary N) is 1. The Hall–Kier alpha value is -2.88. The van der Waals surface area contributed by atoms with Gasteiger partial charge in [0, 0.05) is 5.70 Å². The number of benzene rings is 2. The second kappa shape index (κ2) is 17.5. The molecular weight excluding hydrogens is 426 g/mol. The standard InChI is InChI=1S/C32H45N3/c1-3-11-27-14-18-29(19-15-27)25-31(13-7-10-24-35-23-9-6-5-8-22-33)32(34)26-30-20-16-28(12-4-2)17-21-30/h3-4,14-21,25-26,35H,1-2,5-13,22-24,33-34H2. The van der Waals surface area contributed by atoms with Crippen LogP contribution in [0.3, 0.4) is 0 Å². The van der Waals surface area contributed by atoms with Crippen LogP contribution in [0.2, 0.25) is 0 Å². The van der Waals surface area contributed by atoms with Gasteiger partial charge in [-0.1, -0.05) is 73.5 Å². The number of hydrogen-bond acceptors (Lipinski definition) is 3. The third kappa shape index (κ3) is 11.9. The summed E-state index contributed by atoms with van der Waals surface area (Å²) in [5.41, 5.74) is 19.1. The molecule has 0 fully saturated rings. The Kier molecular flexibility index (Phi) is 14.2. The van der Waals surface area contributed by atoms with Crippen molar-refractivity contribution in [1.82, 2.24) is 5.32 Å². The Balaban J connectivity index is 1.99. The van der Waals surface area contributed by atoms with Crippen LogP contribution in [0, 0.1) is 0 Å². The van der Waals surface area contributed by atoms with Crippen molar-refractivity contribution in [3.8, 4) is 0 Å².